The highest BCUT2D eigenvalue weighted by Crippen LogP contribution is 2.38. The molecule has 132 valence electrons. The maximum atomic E-state index is 9.82. The van der Waals surface area contributed by atoms with Crippen molar-refractivity contribution in [3.05, 3.63) is 90.5 Å². The van der Waals surface area contributed by atoms with Crippen molar-refractivity contribution in [1.29, 1.82) is 0 Å². The molecule has 4 nitrogen and oxygen atoms in total. The molecule has 0 bridgehead atoms. The quantitative estimate of drug-likeness (QED) is 0.353. The smallest absolute Gasteiger partial charge is 0.204 e. The molecule has 0 aliphatic heterocycles. The summed E-state index contributed by atoms with van der Waals surface area (Å²) < 4.78 is 0. The SMILES string of the molecule is Oc1ccccc1/C=N/Nc1nc(-c2ccccc2)c(-c2ccccc2)s1. The van der Waals surface area contributed by atoms with E-state index in [1.165, 1.54) is 0 Å². The number of hydrogen-bond donors (Lipinski definition) is 2. The Morgan fingerprint density at radius 2 is 1.44 bits per heavy atom. The van der Waals surface area contributed by atoms with E-state index >= 15 is 0 Å². The molecule has 1 aromatic heterocycles. The summed E-state index contributed by atoms with van der Waals surface area (Å²) in [7, 11) is 0. The first-order valence-electron chi connectivity index (χ1n) is 8.50. The lowest BCUT2D eigenvalue weighted by Gasteiger charge is -2.02. The van der Waals surface area contributed by atoms with Crippen LogP contribution >= 0.6 is 11.3 Å². The number of para-hydroxylation sites is 1. The van der Waals surface area contributed by atoms with Gasteiger partial charge in [-0.15, -0.1) is 0 Å². The molecular weight excluding hydrogens is 354 g/mol. The van der Waals surface area contributed by atoms with Gasteiger partial charge in [0.15, 0.2) is 0 Å². The maximum Gasteiger partial charge on any atom is 0.204 e. The highest BCUT2D eigenvalue weighted by Gasteiger charge is 2.14. The zero-order chi connectivity index (χ0) is 18.5. The number of hydrogen-bond acceptors (Lipinski definition) is 5. The van der Waals surface area contributed by atoms with E-state index in [1.54, 1.807) is 35.8 Å². The molecule has 0 amide bonds. The Morgan fingerprint density at radius 1 is 0.815 bits per heavy atom. The highest BCUT2D eigenvalue weighted by atomic mass is 32.1. The zero-order valence-corrected chi connectivity index (χ0v) is 15.2. The lowest BCUT2D eigenvalue weighted by molar-refractivity contribution is 0.474. The minimum atomic E-state index is 0.192. The van der Waals surface area contributed by atoms with E-state index in [9.17, 15) is 5.11 Å². The van der Waals surface area contributed by atoms with Gasteiger partial charge in [0, 0.05) is 11.1 Å². The zero-order valence-electron chi connectivity index (χ0n) is 14.4. The standard InChI is InChI=1S/C22H17N3OS/c26-19-14-8-7-13-18(19)15-23-25-22-24-20(16-9-3-1-4-10-16)21(27-22)17-11-5-2-6-12-17/h1-15,26H,(H,24,25)/b23-15+. The van der Waals surface area contributed by atoms with Gasteiger partial charge in [0.1, 0.15) is 5.75 Å². The van der Waals surface area contributed by atoms with Crippen LogP contribution in [-0.4, -0.2) is 16.3 Å². The second-order valence-corrected chi connectivity index (χ2v) is 6.86. The molecule has 5 heteroatoms. The third-order valence-electron chi connectivity index (χ3n) is 4.01. The van der Waals surface area contributed by atoms with Gasteiger partial charge in [-0.05, 0) is 17.7 Å². The fourth-order valence-corrected chi connectivity index (χ4v) is 3.64. The predicted molar refractivity (Wildman–Crippen MR) is 112 cm³/mol. The number of nitrogens with one attached hydrogen (secondary N) is 1. The molecule has 3 aromatic carbocycles. The monoisotopic (exact) mass is 371 g/mol. The molecular formula is C22H17N3OS. The molecule has 4 aromatic rings. The summed E-state index contributed by atoms with van der Waals surface area (Å²) in [6.07, 6.45) is 1.58. The Bertz CT molecular complexity index is 1000. The molecule has 0 saturated heterocycles. The van der Waals surface area contributed by atoms with E-state index in [4.69, 9.17) is 4.98 Å². The van der Waals surface area contributed by atoms with E-state index in [1.807, 2.05) is 42.5 Å². The lowest BCUT2D eigenvalue weighted by Crippen LogP contribution is -1.90. The molecule has 0 aliphatic rings. The van der Waals surface area contributed by atoms with Gasteiger partial charge < -0.3 is 5.11 Å². The van der Waals surface area contributed by atoms with Gasteiger partial charge in [-0.3, -0.25) is 5.43 Å². The molecule has 4 rings (SSSR count). The molecule has 0 atom stereocenters. The van der Waals surface area contributed by atoms with Gasteiger partial charge in [-0.1, -0.05) is 84.1 Å². The topological polar surface area (TPSA) is 57.5 Å². The van der Waals surface area contributed by atoms with Crippen LogP contribution in [0, 0.1) is 0 Å². The number of aromatic nitrogens is 1. The molecule has 0 spiro atoms. The molecule has 1 heterocycles. The third kappa shape index (κ3) is 3.88. The summed E-state index contributed by atoms with van der Waals surface area (Å²) in [4.78, 5) is 5.83. The van der Waals surface area contributed by atoms with Crippen molar-refractivity contribution in [2.45, 2.75) is 0 Å². The lowest BCUT2D eigenvalue weighted by atomic mass is 10.1. The Labute approximate surface area is 161 Å². The molecule has 0 radical (unpaired) electrons. The second-order valence-electron chi connectivity index (χ2n) is 5.86. The van der Waals surface area contributed by atoms with Crippen LogP contribution in [0.5, 0.6) is 5.75 Å². The fraction of sp³-hybridized carbons (Fsp3) is 0. The first-order valence-corrected chi connectivity index (χ1v) is 9.31. The van der Waals surface area contributed by atoms with E-state index in [2.05, 4.69) is 34.8 Å². The average Bonchev–Trinajstić information content (AvgIpc) is 3.15. The number of nitrogens with zero attached hydrogens (tertiary/aromatic N) is 2. The summed E-state index contributed by atoms with van der Waals surface area (Å²) in [5.74, 6) is 0.192. The van der Waals surface area contributed by atoms with Crippen molar-refractivity contribution in [3.8, 4) is 27.4 Å². The van der Waals surface area contributed by atoms with Crippen LogP contribution in [0.4, 0.5) is 5.13 Å². The summed E-state index contributed by atoms with van der Waals surface area (Å²) in [6, 6.07) is 27.4. The van der Waals surface area contributed by atoms with Gasteiger partial charge >= 0.3 is 0 Å². The number of phenols is 1. The van der Waals surface area contributed by atoms with Crippen molar-refractivity contribution in [2.75, 3.05) is 5.43 Å². The number of thiazole rings is 1. The van der Waals surface area contributed by atoms with Gasteiger partial charge in [-0.25, -0.2) is 4.98 Å². The van der Waals surface area contributed by atoms with Crippen molar-refractivity contribution in [3.63, 3.8) is 0 Å². The molecule has 0 aliphatic carbocycles. The highest BCUT2D eigenvalue weighted by molar-refractivity contribution is 7.19. The summed E-state index contributed by atoms with van der Waals surface area (Å²) in [5, 5.41) is 14.7. The van der Waals surface area contributed by atoms with E-state index in [-0.39, 0.29) is 5.75 Å². The van der Waals surface area contributed by atoms with Crippen LogP contribution in [0.1, 0.15) is 5.56 Å². The van der Waals surface area contributed by atoms with Gasteiger partial charge in [-0.2, -0.15) is 5.10 Å². The maximum absolute atomic E-state index is 9.82. The Morgan fingerprint density at radius 3 is 2.15 bits per heavy atom. The normalized spacial score (nSPS) is 11.0. The van der Waals surface area contributed by atoms with Gasteiger partial charge in [0.25, 0.3) is 0 Å². The predicted octanol–water partition coefficient (Wildman–Crippen LogP) is 5.63. The summed E-state index contributed by atoms with van der Waals surface area (Å²) in [5.41, 5.74) is 6.73. The van der Waals surface area contributed by atoms with Crippen LogP contribution < -0.4 is 5.43 Å². The van der Waals surface area contributed by atoms with Crippen molar-refractivity contribution in [1.82, 2.24) is 4.98 Å². The molecule has 0 fully saturated rings. The molecule has 0 saturated carbocycles. The average molecular weight is 371 g/mol. The van der Waals surface area contributed by atoms with E-state index < -0.39 is 0 Å². The minimum Gasteiger partial charge on any atom is -0.507 e. The van der Waals surface area contributed by atoms with Crippen LogP contribution in [0.15, 0.2) is 90.0 Å². The number of benzene rings is 3. The Balaban J connectivity index is 1.66. The largest absolute Gasteiger partial charge is 0.507 e. The number of anilines is 1. The molecule has 0 unspecified atom stereocenters. The fourth-order valence-electron chi connectivity index (χ4n) is 2.70. The van der Waals surface area contributed by atoms with E-state index in [0.717, 1.165) is 21.7 Å². The van der Waals surface area contributed by atoms with E-state index in [0.29, 0.717) is 10.7 Å². The van der Waals surface area contributed by atoms with Gasteiger partial charge in [0.05, 0.1) is 16.8 Å². The number of rotatable bonds is 5. The van der Waals surface area contributed by atoms with Crippen LogP contribution in [0.2, 0.25) is 0 Å². The first kappa shape index (κ1) is 17.0. The molecule has 27 heavy (non-hydrogen) atoms. The number of aromatic hydroxyl groups is 1. The van der Waals surface area contributed by atoms with Crippen LogP contribution in [0.3, 0.4) is 0 Å². The third-order valence-corrected chi connectivity index (χ3v) is 5.02. The minimum absolute atomic E-state index is 0.192. The number of hydrazone groups is 1. The van der Waals surface area contributed by atoms with Crippen molar-refractivity contribution >= 4 is 22.7 Å². The van der Waals surface area contributed by atoms with Crippen LogP contribution in [0.25, 0.3) is 21.7 Å². The first-order chi connectivity index (χ1) is 13.3. The summed E-state index contributed by atoms with van der Waals surface area (Å²) >= 11 is 1.55. The Kier molecular flexibility index (Phi) is 4.94. The summed E-state index contributed by atoms with van der Waals surface area (Å²) in [6.45, 7) is 0. The Hall–Kier alpha value is -3.44. The molecule has 2 N–H and O–H groups in total. The van der Waals surface area contributed by atoms with Crippen molar-refractivity contribution in [2.24, 2.45) is 5.10 Å². The van der Waals surface area contributed by atoms with Crippen LogP contribution in [-0.2, 0) is 0 Å². The van der Waals surface area contributed by atoms with Crippen molar-refractivity contribution < 1.29 is 5.11 Å². The van der Waals surface area contributed by atoms with Gasteiger partial charge in [0.2, 0.25) is 5.13 Å². The second kappa shape index (κ2) is 7.85. The number of phenolic OH excluding ortho intramolecular Hbond substituents is 1.